The molecule has 7 nitrogen and oxygen atoms in total. The van der Waals surface area contributed by atoms with E-state index in [1.54, 1.807) is 11.6 Å². The fourth-order valence-electron chi connectivity index (χ4n) is 3.04. The van der Waals surface area contributed by atoms with Gasteiger partial charge in [-0.2, -0.15) is 5.10 Å². The van der Waals surface area contributed by atoms with Crippen molar-refractivity contribution in [3.63, 3.8) is 0 Å². The van der Waals surface area contributed by atoms with E-state index in [2.05, 4.69) is 10.4 Å². The van der Waals surface area contributed by atoms with Crippen LogP contribution in [0.25, 0.3) is 0 Å². The number of nitrogens with one attached hydrogen (secondary N) is 1. The van der Waals surface area contributed by atoms with Gasteiger partial charge in [-0.3, -0.25) is 4.79 Å². The quantitative estimate of drug-likeness (QED) is 0.716. The number of benzene rings is 1. The van der Waals surface area contributed by atoms with Crippen molar-refractivity contribution in [3.8, 4) is 0 Å². The molecular formula is C20H24ClN3O4. The van der Waals surface area contributed by atoms with Gasteiger partial charge in [0.1, 0.15) is 10.7 Å². The second-order valence-corrected chi connectivity index (χ2v) is 7.27. The first-order chi connectivity index (χ1) is 13.4. The van der Waals surface area contributed by atoms with Crippen molar-refractivity contribution in [2.45, 2.75) is 39.3 Å². The van der Waals surface area contributed by atoms with Crippen molar-refractivity contribution in [2.24, 2.45) is 0 Å². The zero-order valence-electron chi connectivity index (χ0n) is 16.0. The number of aromatic nitrogens is 2. The zero-order chi connectivity index (χ0) is 20.1. The zero-order valence-corrected chi connectivity index (χ0v) is 16.8. The van der Waals surface area contributed by atoms with Crippen molar-refractivity contribution in [1.29, 1.82) is 0 Å². The van der Waals surface area contributed by atoms with Gasteiger partial charge in [0.15, 0.2) is 6.61 Å². The molecule has 28 heavy (non-hydrogen) atoms. The first-order valence-corrected chi connectivity index (χ1v) is 9.65. The second kappa shape index (κ2) is 9.21. The minimum atomic E-state index is -0.662. The van der Waals surface area contributed by atoms with E-state index in [9.17, 15) is 9.59 Å². The van der Waals surface area contributed by atoms with E-state index in [-0.39, 0.29) is 29.3 Å². The molecule has 0 saturated carbocycles. The maximum atomic E-state index is 12.4. The highest BCUT2D eigenvalue weighted by Crippen LogP contribution is 2.22. The lowest BCUT2D eigenvalue weighted by atomic mass is 10.1. The van der Waals surface area contributed by atoms with Crippen molar-refractivity contribution < 1.29 is 19.1 Å². The van der Waals surface area contributed by atoms with Crippen LogP contribution in [0.4, 0.5) is 0 Å². The summed E-state index contributed by atoms with van der Waals surface area (Å²) in [7, 11) is 0. The maximum absolute atomic E-state index is 12.4. The van der Waals surface area contributed by atoms with E-state index >= 15 is 0 Å². The van der Waals surface area contributed by atoms with Gasteiger partial charge in [-0.25, -0.2) is 9.48 Å². The maximum Gasteiger partial charge on any atom is 0.343 e. The fraction of sp³-hybridized carbons (Fsp3) is 0.450. The Kier molecular flexibility index (Phi) is 6.70. The summed E-state index contributed by atoms with van der Waals surface area (Å²) >= 11 is 6.35. The van der Waals surface area contributed by atoms with E-state index in [1.807, 2.05) is 31.2 Å². The predicted octanol–water partition coefficient (Wildman–Crippen LogP) is 2.65. The molecule has 1 saturated heterocycles. The first kappa shape index (κ1) is 20.4. The lowest BCUT2D eigenvalue weighted by Crippen LogP contribution is -2.34. The molecule has 2 aromatic rings. The summed E-state index contributed by atoms with van der Waals surface area (Å²) in [5.41, 5.74) is 2.82. The van der Waals surface area contributed by atoms with Gasteiger partial charge in [0.2, 0.25) is 0 Å². The van der Waals surface area contributed by atoms with Gasteiger partial charge in [-0.05, 0) is 32.3 Å². The standard InChI is InChI=1S/C20H24ClN3O4/c1-13-5-7-15(8-6-13)11-24-19(21)18(14(2)23-24)20(26)28-12-17(25)22-10-16-4-3-9-27-16/h5-8,16H,3-4,9-12H2,1-2H3,(H,22,25)/t16-/m1/s1. The number of carbonyl (C=O) groups excluding carboxylic acids is 2. The molecule has 1 aliphatic rings. The first-order valence-electron chi connectivity index (χ1n) is 9.28. The molecule has 0 radical (unpaired) electrons. The molecule has 2 heterocycles. The molecule has 0 spiro atoms. The molecule has 1 N–H and O–H groups in total. The third-order valence-electron chi connectivity index (χ3n) is 4.61. The number of carbonyl (C=O) groups is 2. The topological polar surface area (TPSA) is 82.5 Å². The van der Waals surface area contributed by atoms with Crippen molar-refractivity contribution in [2.75, 3.05) is 19.8 Å². The number of halogens is 1. The largest absolute Gasteiger partial charge is 0.452 e. The van der Waals surface area contributed by atoms with Gasteiger partial charge in [-0.1, -0.05) is 41.4 Å². The molecule has 3 rings (SSSR count). The summed E-state index contributed by atoms with van der Waals surface area (Å²) in [6.07, 6.45) is 1.96. The van der Waals surface area contributed by atoms with Gasteiger partial charge in [0.05, 0.1) is 18.3 Å². The molecule has 1 aliphatic heterocycles. The van der Waals surface area contributed by atoms with Gasteiger partial charge in [-0.15, -0.1) is 0 Å². The summed E-state index contributed by atoms with van der Waals surface area (Å²) in [5.74, 6) is -1.03. The summed E-state index contributed by atoms with van der Waals surface area (Å²) in [4.78, 5) is 24.3. The molecule has 0 bridgehead atoms. The number of ether oxygens (including phenoxy) is 2. The highest BCUT2D eigenvalue weighted by molar-refractivity contribution is 6.32. The molecule has 1 amide bonds. The molecular weight excluding hydrogens is 382 g/mol. The van der Waals surface area contributed by atoms with Crippen molar-refractivity contribution in [3.05, 3.63) is 51.8 Å². The Morgan fingerprint density at radius 1 is 1.32 bits per heavy atom. The Labute approximate surface area is 169 Å². The Morgan fingerprint density at radius 3 is 2.75 bits per heavy atom. The van der Waals surface area contributed by atoms with Gasteiger partial charge < -0.3 is 14.8 Å². The van der Waals surface area contributed by atoms with Crippen molar-refractivity contribution in [1.82, 2.24) is 15.1 Å². The third-order valence-corrected chi connectivity index (χ3v) is 4.99. The lowest BCUT2D eigenvalue weighted by Gasteiger charge is -2.11. The molecule has 150 valence electrons. The van der Waals surface area contributed by atoms with Crippen LogP contribution in [0.3, 0.4) is 0 Å². The number of amides is 1. The van der Waals surface area contributed by atoms with Gasteiger partial charge in [0, 0.05) is 13.2 Å². The molecule has 0 aliphatic carbocycles. The van der Waals surface area contributed by atoms with Crippen LogP contribution >= 0.6 is 11.6 Å². The van der Waals surface area contributed by atoms with E-state index < -0.39 is 5.97 Å². The number of nitrogens with zero attached hydrogens (tertiary/aromatic N) is 2. The lowest BCUT2D eigenvalue weighted by molar-refractivity contribution is -0.124. The Balaban J connectivity index is 1.56. The molecule has 1 aromatic carbocycles. The SMILES string of the molecule is Cc1ccc(Cn2nc(C)c(C(=O)OCC(=O)NC[C@H]3CCCO3)c2Cl)cc1. The number of esters is 1. The Morgan fingerprint density at radius 2 is 2.07 bits per heavy atom. The van der Waals surface area contributed by atoms with E-state index in [4.69, 9.17) is 21.1 Å². The third kappa shape index (κ3) is 5.11. The van der Waals surface area contributed by atoms with Crippen LogP contribution in [-0.4, -0.2) is 47.5 Å². The van der Waals surface area contributed by atoms with Crippen LogP contribution in [-0.2, 0) is 20.8 Å². The highest BCUT2D eigenvalue weighted by atomic mass is 35.5. The number of hydrogen-bond acceptors (Lipinski definition) is 5. The van der Waals surface area contributed by atoms with Crippen LogP contribution in [0.2, 0.25) is 5.15 Å². The minimum Gasteiger partial charge on any atom is -0.452 e. The average molecular weight is 406 g/mol. The summed E-state index contributed by atoms with van der Waals surface area (Å²) in [5, 5.41) is 7.24. The van der Waals surface area contributed by atoms with Gasteiger partial charge in [0.25, 0.3) is 5.91 Å². The average Bonchev–Trinajstić information content (AvgIpc) is 3.28. The normalized spacial score (nSPS) is 16.2. The van der Waals surface area contributed by atoms with Crippen LogP contribution < -0.4 is 5.32 Å². The number of rotatable bonds is 7. The molecule has 1 atom stereocenters. The van der Waals surface area contributed by atoms with E-state index in [0.717, 1.165) is 30.6 Å². The summed E-state index contributed by atoms with van der Waals surface area (Å²) < 4.78 is 12.1. The minimum absolute atomic E-state index is 0.0383. The Bertz CT molecular complexity index is 842. The van der Waals surface area contributed by atoms with Crippen molar-refractivity contribution >= 4 is 23.5 Å². The van der Waals surface area contributed by atoms with Crippen LogP contribution in [0.1, 0.15) is 40.0 Å². The van der Waals surface area contributed by atoms with Crippen LogP contribution in [0, 0.1) is 13.8 Å². The molecule has 8 heteroatoms. The highest BCUT2D eigenvalue weighted by Gasteiger charge is 2.23. The predicted molar refractivity (Wildman–Crippen MR) is 105 cm³/mol. The van der Waals surface area contributed by atoms with Crippen LogP contribution in [0.15, 0.2) is 24.3 Å². The molecule has 0 unspecified atom stereocenters. The summed E-state index contributed by atoms with van der Waals surface area (Å²) in [6.45, 7) is 4.91. The number of aryl methyl sites for hydroxylation is 2. The monoisotopic (exact) mass is 405 g/mol. The smallest absolute Gasteiger partial charge is 0.343 e. The fourth-order valence-corrected chi connectivity index (χ4v) is 3.36. The summed E-state index contributed by atoms with van der Waals surface area (Å²) in [6, 6.07) is 7.98. The van der Waals surface area contributed by atoms with E-state index in [1.165, 1.54) is 0 Å². The Hall–Kier alpha value is -2.38. The van der Waals surface area contributed by atoms with Gasteiger partial charge >= 0.3 is 5.97 Å². The molecule has 1 fully saturated rings. The second-order valence-electron chi connectivity index (χ2n) is 6.91. The van der Waals surface area contributed by atoms with E-state index in [0.29, 0.717) is 18.8 Å². The van der Waals surface area contributed by atoms with Crippen LogP contribution in [0.5, 0.6) is 0 Å². The molecule has 1 aromatic heterocycles. The number of hydrogen-bond donors (Lipinski definition) is 1.